The molecule has 2 aromatic carbocycles. The molecule has 3 aromatic rings. The highest BCUT2D eigenvalue weighted by molar-refractivity contribution is 8.00. The van der Waals surface area contributed by atoms with Crippen LogP contribution in [0.4, 0.5) is 18.9 Å². The van der Waals surface area contributed by atoms with Crippen LogP contribution in [0.25, 0.3) is 10.9 Å². The molecule has 0 aliphatic rings. The van der Waals surface area contributed by atoms with Crippen molar-refractivity contribution in [3.05, 3.63) is 54.4 Å². The van der Waals surface area contributed by atoms with Gasteiger partial charge in [-0.05, 0) is 24.3 Å². The second-order valence-electron chi connectivity index (χ2n) is 6.08. The van der Waals surface area contributed by atoms with Gasteiger partial charge in [0.25, 0.3) is 0 Å². The van der Waals surface area contributed by atoms with Gasteiger partial charge in [-0.25, -0.2) is 9.97 Å². The summed E-state index contributed by atoms with van der Waals surface area (Å²) < 4.78 is 49.5. The lowest BCUT2D eigenvalue weighted by molar-refractivity contribution is -0.137. The number of amides is 1. The van der Waals surface area contributed by atoms with Crippen molar-refractivity contribution in [3.63, 3.8) is 0 Å². The molecule has 1 N–H and O–H groups in total. The summed E-state index contributed by atoms with van der Waals surface area (Å²) in [5, 5.41) is 3.90. The molecule has 1 heterocycles. The maximum absolute atomic E-state index is 13.1. The van der Waals surface area contributed by atoms with Crippen LogP contribution in [0.15, 0.2) is 53.8 Å². The van der Waals surface area contributed by atoms with Crippen molar-refractivity contribution in [2.45, 2.75) is 11.2 Å². The smallest absolute Gasteiger partial charge is 0.416 e. The SMILES string of the molecule is COCCOc1ccc(C(F)(F)F)cc1NC(=O)CSc1ncnc2ccccc12. The number of rotatable bonds is 8. The monoisotopic (exact) mass is 437 g/mol. The molecule has 0 spiro atoms. The third-order valence-electron chi connectivity index (χ3n) is 3.97. The van der Waals surface area contributed by atoms with E-state index in [1.165, 1.54) is 31.3 Å². The predicted octanol–water partition coefficient (Wildman–Crippen LogP) is 4.40. The zero-order valence-corrected chi connectivity index (χ0v) is 16.7. The maximum Gasteiger partial charge on any atom is 0.416 e. The molecule has 30 heavy (non-hydrogen) atoms. The first-order valence-corrected chi connectivity index (χ1v) is 9.82. The second kappa shape index (κ2) is 9.77. The fraction of sp³-hybridized carbons (Fsp3) is 0.250. The summed E-state index contributed by atoms with van der Waals surface area (Å²) in [7, 11) is 1.48. The number of nitrogens with one attached hydrogen (secondary N) is 1. The average molecular weight is 437 g/mol. The molecule has 0 fully saturated rings. The van der Waals surface area contributed by atoms with Crippen LogP contribution < -0.4 is 10.1 Å². The number of hydrogen-bond acceptors (Lipinski definition) is 6. The van der Waals surface area contributed by atoms with Crippen molar-refractivity contribution in [1.82, 2.24) is 9.97 Å². The van der Waals surface area contributed by atoms with E-state index in [-0.39, 0.29) is 30.4 Å². The van der Waals surface area contributed by atoms with Crippen LogP contribution in [0, 0.1) is 0 Å². The summed E-state index contributed by atoms with van der Waals surface area (Å²) in [4.78, 5) is 20.8. The van der Waals surface area contributed by atoms with E-state index in [1.807, 2.05) is 24.3 Å². The van der Waals surface area contributed by atoms with Crippen LogP contribution in [0.2, 0.25) is 0 Å². The Balaban J connectivity index is 1.73. The first kappa shape index (κ1) is 21.8. The van der Waals surface area contributed by atoms with Gasteiger partial charge in [0.05, 0.1) is 29.1 Å². The van der Waals surface area contributed by atoms with E-state index < -0.39 is 17.6 Å². The molecular formula is C20H18F3N3O3S. The quantitative estimate of drug-likeness (QED) is 0.320. The number of carbonyl (C=O) groups is 1. The summed E-state index contributed by atoms with van der Waals surface area (Å²) >= 11 is 1.17. The van der Waals surface area contributed by atoms with Gasteiger partial charge in [-0.15, -0.1) is 0 Å². The van der Waals surface area contributed by atoms with Gasteiger partial charge in [0.2, 0.25) is 5.91 Å². The summed E-state index contributed by atoms with van der Waals surface area (Å²) in [6.07, 6.45) is -3.14. The molecule has 10 heteroatoms. The molecule has 1 amide bonds. The van der Waals surface area contributed by atoms with E-state index in [9.17, 15) is 18.0 Å². The Labute approximate surface area is 174 Å². The van der Waals surface area contributed by atoms with Crippen molar-refractivity contribution in [2.24, 2.45) is 0 Å². The number of hydrogen-bond donors (Lipinski definition) is 1. The number of ether oxygens (including phenoxy) is 2. The van der Waals surface area contributed by atoms with Crippen LogP contribution in [0.3, 0.4) is 0 Å². The van der Waals surface area contributed by atoms with Gasteiger partial charge in [0, 0.05) is 12.5 Å². The summed E-state index contributed by atoms with van der Waals surface area (Å²) in [5.74, 6) is -0.404. The molecular weight excluding hydrogens is 419 g/mol. The standard InChI is InChI=1S/C20H18F3N3O3S/c1-28-8-9-29-17-7-6-13(20(21,22)23)10-16(17)26-18(27)11-30-19-14-4-2-3-5-15(14)24-12-25-19/h2-7,10,12H,8-9,11H2,1H3,(H,26,27). The molecule has 0 aliphatic heterocycles. The number of alkyl halides is 3. The minimum Gasteiger partial charge on any atom is -0.489 e. The minimum atomic E-state index is -4.54. The Kier molecular flexibility index (Phi) is 7.11. The van der Waals surface area contributed by atoms with E-state index in [0.717, 1.165) is 23.0 Å². The number of nitrogens with zero attached hydrogens (tertiary/aromatic N) is 2. The Bertz CT molecular complexity index is 1030. The van der Waals surface area contributed by atoms with Crippen molar-refractivity contribution in [1.29, 1.82) is 0 Å². The van der Waals surface area contributed by atoms with Crippen LogP contribution in [-0.4, -0.2) is 42.0 Å². The van der Waals surface area contributed by atoms with Gasteiger partial charge in [-0.3, -0.25) is 4.79 Å². The highest BCUT2D eigenvalue weighted by atomic mass is 32.2. The van der Waals surface area contributed by atoms with Gasteiger partial charge < -0.3 is 14.8 Å². The third kappa shape index (κ3) is 5.61. The molecule has 0 bridgehead atoms. The van der Waals surface area contributed by atoms with Crippen molar-refractivity contribution >= 4 is 34.3 Å². The van der Waals surface area contributed by atoms with Gasteiger partial charge in [-0.1, -0.05) is 30.0 Å². The zero-order chi connectivity index (χ0) is 21.6. The molecule has 0 atom stereocenters. The van der Waals surface area contributed by atoms with Gasteiger partial charge >= 0.3 is 6.18 Å². The van der Waals surface area contributed by atoms with E-state index in [0.29, 0.717) is 5.03 Å². The summed E-state index contributed by atoms with van der Waals surface area (Å²) in [6.45, 7) is 0.386. The second-order valence-corrected chi connectivity index (χ2v) is 7.05. The molecule has 1 aromatic heterocycles. The maximum atomic E-state index is 13.1. The molecule has 6 nitrogen and oxygen atoms in total. The number of benzene rings is 2. The van der Waals surface area contributed by atoms with Crippen molar-refractivity contribution in [3.8, 4) is 5.75 Å². The Morgan fingerprint density at radius 2 is 1.93 bits per heavy atom. The first-order valence-electron chi connectivity index (χ1n) is 8.84. The Morgan fingerprint density at radius 3 is 2.70 bits per heavy atom. The summed E-state index contributed by atoms with van der Waals surface area (Å²) in [6, 6.07) is 10.3. The molecule has 0 saturated heterocycles. The molecule has 0 radical (unpaired) electrons. The molecule has 0 saturated carbocycles. The van der Waals surface area contributed by atoms with Gasteiger partial charge in [-0.2, -0.15) is 13.2 Å². The summed E-state index contributed by atoms with van der Waals surface area (Å²) in [5.41, 5.74) is -0.201. The zero-order valence-electron chi connectivity index (χ0n) is 15.9. The van der Waals surface area contributed by atoms with Crippen LogP contribution >= 0.6 is 11.8 Å². The molecule has 0 unspecified atom stereocenters. The van der Waals surface area contributed by atoms with Crippen molar-refractivity contribution < 1.29 is 27.4 Å². The third-order valence-corrected chi connectivity index (χ3v) is 4.98. The van der Waals surface area contributed by atoms with E-state index in [1.54, 1.807) is 0 Å². The molecule has 158 valence electrons. The Hall–Kier alpha value is -2.85. The number of anilines is 1. The number of methoxy groups -OCH3 is 1. The lowest BCUT2D eigenvalue weighted by Gasteiger charge is -2.15. The highest BCUT2D eigenvalue weighted by Crippen LogP contribution is 2.35. The fourth-order valence-electron chi connectivity index (χ4n) is 2.58. The lowest BCUT2D eigenvalue weighted by Crippen LogP contribution is -2.17. The topological polar surface area (TPSA) is 73.3 Å². The number of para-hydroxylation sites is 1. The van der Waals surface area contributed by atoms with E-state index in [4.69, 9.17) is 9.47 Å². The first-order chi connectivity index (χ1) is 14.4. The van der Waals surface area contributed by atoms with E-state index in [2.05, 4.69) is 15.3 Å². The lowest BCUT2D eigenvalue weighted by atomic mass is 10.1. The fourth-order valence-corrected chi connectivity index (χ4v) is 3.37. The van der Waals surface area contributed by atoms with Gasteiger partial charge in [0.15, 0.2) is 0 Å². The predicted molar refractivity (Wildman–Crippen MR) is 108 cm³/mol. The molecule has 3 rings (SSSR count). The van der Waals surface area contributed by atoms with Crippen LogP contribution in [0.5, 0.6) is 5.75 Å². The van der Waals surface area contributed by atoms with E-state index >= 15 is 0 Å². The largest absolute Gasteiger partial charge is 0.489 e. The number of carbonyl (C=O) groups excluding carboxylic acids is 1. The molecule has 0 aliphatic carbocycles. The van der Waals surface area contributed by atoms with Crippen LogP contribution in [0.1, 0.15) is 5.56 Å². The van der Waals surface area contributed by atoms with Gasteiger partial charge in [0.1, 0.15) is 23.7 Å². The average Bonchev–Trinajstić information content (AvgIpc) is 2.72. The Morgan fingerprint density at radius 1 is 1.13 bits per heavy atom. The number of thioether (sulfide) groups is 1. The van der Waals surface area contributed by atoms with Crippen LogP contribution in [-0.2, 0) is 15.7 Å². The minimum absolute atomic E-state index is 0.0469. The van der Waals surface area contributed by atoms with Crippen molar-refractivity contribution in [2.75, 3.05) is 31.4 Å². The number of aromatic nitrogens is 2. The normalized spacial score (nSPS) is 11.5. The number of halogens is 3. The number of fused-ring (bicyclic) bond motifs is 1. The highest BCUT2D eigenvalue weighted by Gasteiger charge is 2.31.